The Morgan fingerprint density at radius 1 is 1.00 bits per heavy atom. The summed E-state index contributed by atoms with van der Waals surface area (Å²) < 4.78 is 29.6. The monoisotopic (exact) mass is 392 g/mol. The summed E-state index contributed by atoms with van der Waals surface area (Å²) in [6.45, 7) is 4.97. The zero-order valence-corrected chi connectivity index (χ0v) is 16.1. The summed E-state index contributed by atoms with van der Waals surface area (Å²) in [5, 5.41) is 18.9. The van der Waals surface area contributed by atoms with E-state index >= 15 is 0 Å². The molecule has 0 fully saturated rings. The number of rotatable bonds is 6. The highest BCUT2D eigenvalue weighted by Gasteiger charge is 2.23. The predicted octanol–water partition coefficient (Wildman–Crippen LogP) is 3.25. The third kappa shape index (κ3) is 4.28. The van der Waals surface area contributed by atoms with Crippen molar-refractivity contribution in [2.45, 2.75) is 31.8 Å². The maximum Gasteiger partial charge on any atom is 0.336 e. The molecule has 7 nitrogen and oxygen atoms in total. The number of aromatic carboxylic acids is 2. The SMILES string of the molecule is Cc1c(C(=O)O)ccc(-c2cc(S(C)(=O)=O)ccc2OC(C)C)c1C(=O)O. The van der Waals surface area contributed by atoms with Crippen LogP contribution in [0.3, 0.4) is 0 Å². The lowest BCUT2D eigenvalue weighted by atomic mass is 9.92. The van der Waals surface area contributed by atoms with Gasteiger partial charge in [-0.2, -0.15) is 0 Å². The number of carboxylic acid groups (broad SMARTS) is 2. The fraction of sp³-hybridized carbons (Fsp3) is 0.263. The van der Waals surface area contributed by atoms with E-state index in [9.17, 15) is 28.2 Å². The van der Waals surface area contributed by atoms with Crippen molar-refractivity contribution >= 4 is 21.8 Å². The molecule has 0 radical (unpaired) electrons. The van der Waals surface area contributed by atoms with Gasteiger partial charge in [-0.25, -0.2) is 18.0 Å². The molecular weight excluding hydrogens is 372 g/mol. The molecule has 27 heavy (non-hydrogen) atoms. The van der Waals surface area contributed by atoms with E-state index in [1.165, 1.54) is 37.3 Å². The van der Waals surface area contributed by atoms with Crippen LogP contribution < -0.4 is 4.74 Å². The van der Waals surface area contributed by atoms with E-state index in [0.29, 0.717) is 5.75 Å². The van der Waals surface area contributed by atoms with Crippen LogP contribution in [0.5, 0.6) is 5.75 Å². The molecule has 0 aliphatic rings. The summed E-state index contributed by atoms with van der Waals surface area (Å²) in [4.78, 5) is 23.2. The standard InChI is InChI=1S/C19H20O7S/c1-10(2)26-16-8-5-12(27(4,24)25)9-15(16)14-7-6-13(18(20)21)11(3)17(14)19(22)23/h5-10H,1-4H3,(H,20,21)(H,22,23). The van der Waals surface area contributed by atoms with E-state index in [1.54, 1.807) is 13.8 Å². The molecule has 0 aromatic heterocycles. The molecule has 8 heteroatoms. The molecule has 0 saturated carbocycles. The van der Waals surface area contributed by atoms with Crippen LogP contribution in [0.25, 0.3) is 11.1 Å². The molecule has 2 N–H and O–H groups in total. The lowest BCUT2D eigenvalue weighted by Gasteiger charge is -2.18. The first-order valence-electron chi connectivity index (χ1n) is 8.04. The Labute approximate surface area is 157 Å². The van der Waals surface area contributed by atoms with E-state index in [-0.39, 0.29) is 38.8 Å². The first-order chi connectivity index (χ1) is 12.4. The Morgan fingerprint density at radius 2 is 1.63 bits per heavy atom. The topological polar surface area (TPSA) is 118 Å². The Hall–Kier alpha value is -2.87. The van der Waals surface area contributed by atoms with Crippen molar-refractivity contribution in [3.05, 3.63) is 47.0 Å². The number of sulfone groups is 1. The molecule has 2 aromatic rings. The summed E-state index contributed by atoms with van der Waals surface area (Å²) in [6, 6.07) is 6.85. The van der Waals surface area contributed by atoms with Crippen molar-refractivity contribution in [1.82, 2.24) is 0 Å². The number of carboxylic acids is 2. The lowest BCUT2D eigenvalue weighted by Crippen LogP contribution is -2.11. The number of hydrogen-bond acceptors (Lipinski definition) is 5. The minimum atomic E-state index is -3.54. The van der Waals surface area contributed by atoms with Gasteiger partial charge in [0.05, 0.1) is 22.1 Å². The van der Waals surface area contributed by atoms with E-state index in [4.69, 9.17) is 4.74 Å². The maximum atomic E-state index is 11.9. The van der Waals surface area contributed by atoms with E-state index < -0.39 is 21.8 Å². The third-order valence-corrected chi connectivity index (χ3v) is 5.05. The largest absolute Gasteiger partial charge is 0.490 e. The van der Waals surface area contributed by atoms with Gasteiger partial charge in [-0.3, -0.25) is 0 Å². The second-order valence-corrected chi connectivity index (χ2v) is 8.38. The van der Waals surface area contributed by atoms with Gasteiger partial charge < -0.3 is 14.9 Å². The quantitative estimate of drug-likeness (QED) is 0.774. The highest BCUT2D eigenvalue weighted by Crippen LogP contribution is 2.37. The fourth-order valence-corrected chi connectivity index (χ4v) is 3.40. The van der Waals surface area contributed by atoms with Crippen molar-refractivity contribution in [3.8, 4) is 16.9 Å². The molecular formula is C19H20O7S. The average molecular weight is 392 g/mol. The van der Waals surface area contributed by atoms with Crippen LogP contribution in [-0.2, 0) is 9.84 Å². The molecule has 0 saturated heterocycles. The van der Waals surface area contributed by atoms with E-state index in [1.807, 2.05) is 0 Å². The van der Waals surface area contributed by atoms with Gasteiger partial charge >= 0.3 is 11.9 Å². The normalized spacial score (nSPS) is 11.4. The molecule has 0 bridgehead atoms. The summed E-state index contributed by atoms with van der Waals surface area (Å²) in [5.41, 5.74) is 0.180. The van der Waals surface area contributed by atoms with Gasteiger partial charge in [0.1, 0.15) is 5.75 Å². The number of carbonyl (C=O) groups is 2. The van der Waals surface area contributed by atoms with Gasteiger partial charge in [0.25, 0.3) is 0 Å². The molecule has 0 atom stereocenters. The van der Waals surface area contributed by atoms with Crippen LogP contribution in [0.2, 0.25) is 0 Å². The number of ether oxygens (including phenoxy) is 1. The van der Waals surface area contributed by atoms with Crippen LogP contribution >= 0.6 is 0 Å². The molecule has 0 amide bonds. The molecule has 144 valence electrons. The second kappa shape index (κ2) is 7.40. The van der Waals surface area contributed by atoms with Crippen LogP contribution in [-0.4, -0.2) is 42.9 Å². The number of hydrogen-bond donors (Lipinski definition) is 2. The number of benzene rings is 2. The van der Waals surface area contributed by atoms with Crippen molar-refractivity contribution < 1.29 is 33.0 Å². The first kappa shape index (κ1) is 20.4. The molecule has 0 spiro atoms. The van der Waals surface area contributed by atoms with Gasteiger partial charge in [-0.15, -0.1) is 0 Å². The Morgan fingerprint density at radius 3 is 2.11 bits per heavy atom. The highest BCUT2D eigenvalue weighted by molar-refractivity contribution is 7.90. The lowest BCUT2D eigenvalue weighted by molar-refractivity contribution is 0.0696. The Bertz CT molecular complexity index is 1020. The Kier molecular flexibility index (Phi) is 5.60. The molecule has 2 aromatic carbocycles. The van der Waals surface area contributed by atoms with Crippen LogP contribution in [0, 0.1) is 6.92 Å². The first-order valence-corrected chi connectivity index (χ1v) is 9.94. The molecule has 0 aliphatic heterocycles. The molecule has 0 heterocycles. The maximum absolute atomic E-state index is 11.9. The van der Waals surface area contributed by atoms with Crippen LogP contribution in [0.15, 0.2) is 35.2 Å². The van der Waals surface area contributed by atoms with Crippen molar-refractivity contribution in [3.63, 3.8) is 0 Å². The van der Waals surface area contributed by atoms with Gasteiger partial charge in [-0.05, 0) is 50.6 Å². The van der Waals surface area contributed by atoms with Gasteiger partial charge in [-0.1, -0.05) is 6.07 Å². The predicted molar refractivity (Wildman–Crippen MR) is 99.4 cm³/mol. The van der Waals surface area contributed by atoms with Crippen LogP contribution in [0.1, 0.15) is 40.1 Å². The summed E-state index contributed by atoms with van der Waals surface area (Å²) in [7, 11) is -3.54. The van der Waals surface area contributed by atoms with E-state index in [2.05, 4.69) is 0 Å². The average Bonchev–Trinajstić information content (AvgIpc) is 2.52. The van der Waals surface area contributed by atoms with Crippen molar-refractivity contribution in [1.29, 1.82) is 0 Å². The minimum absolute atomic E-state index is 0.00455. The molecule has 2 rings (SSSR count). The van der Waals surface area contributed by atoms with Gasteiger partial charge in [0.2, 0.25) is 0 Å². The highest BCUT2D eigenvalue weighted by atomic mass is 32.2. The van der Waals surface area contributed by atoms with E-state index in [0.717, 1.165) is 6.26 Å². The van der Waals surface area contributed by atoms with Gasteiger partial charge in [0, 0.05) is 17.4 Å². The van der Waals surface area contributed by atoms with Crippen LogP contribution in [0.4, 0.5) is 0 Å². The Balaban J connectivity index is 2.88. The van der Waals surface area contributed by atoms with Crippen molar-refractivity contribution in [2.24, 2.45) is 0 Å². The molecule has 0 aliphatic carbocycles. The summed E-state index contributed by atoms with van der Waals surface area (Å²) >= 11 is 0. The zero-order chi connectivity index (χ0) is 20.5. The fourth-order valence-electron chi connectivity index (χ4n) is 2.75. The van der Waals surface area contributed by atoms with Gasteiger partial charge in [0.15, 0.2) is 9.84 Å². The molecule has 0 unspecified atom stereocenters. The zero-order valence-electron chi connectivity index (χ0n) is 15.3. The second-order valence-electron chi connectivity index (χ2n) is 6.37. The smallest absolute Gasteiger partial charge is 0.336 e. The summed E-state index contributed by atoms with van der Waals surface area (Å²) in [6.07, 6.45) is 0.812. The summed E-state index contributed by atoms with van der Waals surface area (Å²) in [5.74, 6) is -2.25. The van der Waals surface area contributed by atoms with Crippen molar-refractivity contribution in [2.75, 3.05) is 6.26 Å². The third-order valence-electron chi connectivity index (χ3n) is 3.94. The minimum Gasteiger partial charge on any atom is -0.490 e.